The van der Waals surface area contributed by atoms with Crippen molar-refractivity contribution >= 4 is 45.7 Å². The summed E-state index contributed by atoms with van der Waals surface area (Å²) in [5.41, 5.74) is 1.57. The van der Waals surface area contributed by atoms with Gasteiger partial charge < -0.3 is 24.7 Å². The molecule has 0 bridgehead atoms. The third-order valence-electron chi connectivity index (χ3n) is 4.24. The topological polar surface area (TPSA) is 118 Å². The summed E-state index contributed by atoms with van der Waals surface area (Å²) in [5.74, 6) is -1.63. The number of esters is 1. The Morgan fingerprint density at radius 3 is 2.41 bits per heavy atom. The number of benzene rings is 1. The van der Waals surface area contributed by atoms with Gasteiger partial charge in [-0.25, -0.2) is 4.79 Å². The first-order chi connectivity index (χ1) is 15.2. The third-order valence-corrected chi connectivity index (χ3v) is 5.37. The van der Waals surface area contributed by atoms with Crippen LogP contribution in [0.3, 0.4) is 0 Å². The van der Waals surface area contributed by atoms with Crippen molar-refractivity contribution in [2.45, 2.75) is 6.92 Å². The summed E-state index contributed by atoms with van der Waals surface area (Å²) in [5, 5.41) is 5.70. The van der Waals surface area contributed by atoms with E-state index < -0.39 is 24.4 Å². The summed E-state index contributed by atoms with van der Waals surface area (Å²) in [6.45, 7) is 1.22. The molecule has 9 nitrogen and oxygen atoms in total. The molecule has 0 aliphatic rings. The maximum absolute atomic E-state index is 12.4. The van der Waals surface area contributed by atoms with Crippen LogP contribution in [0.25, 0.3) is 0 Å². The second-order valence-corrected chi connectivity index (χ2v) is 8.01. The Kier molecular flexibility index (Phi) is 7.06. The van der Waals surface area contributed by atoms with Gasteiger partial charge in [0.1, 0.15) is 4.88 Å². The zero-order chi connectivity index (χ0) is 23.3. The lowest BCUT2D eigenvalue weighted by molar-refractivity contribution is -0.119. The fraction of sp³-hybridized carbons (Fsp3) is 0.182. The molecule has 10 heteroatoms. The Morgan fingerprint density at radius 1 is 1.06 bits per heavy atom. The SMILES string of the molecule is Cc1cc(NC(=O)c2ccco2)sc1C(=O)OCC(=O)Nc1ccc(C(=O)N(C)C)cc1. The molecule has 3 rings (SSSR count). The van der Waals surface area contributed by atoms with E-state index in [-0.39, 0.29) is 16.5 Å². The number of hydrogen-bond acceptors (Lipinski definition) is 7. The number of amides is 3. The van der Waals surface area contributed by atoms with E-state index in [9.17, 15) is 19.2 Å². The van der Waals surface area contributed by atoms with E-state index in [1.807, 2.05) is 0 Å². The van der Waals surface area contributed by atoms with Crippen molar-refractivity contribution in [3.8, 4) is 0 Å². The highest BCUT2D eigenvalue weighted by Gasteiger charge is 2.19. The first kappa shape index (κ1) is 22.8. The number of anilines is 2. The highest BCUT2D eigenvalue weighted by Crippen LogP contribution is 2.28. The maximum atomic E-state index is 12.4. The fourth-order valence-electron chi connectivity index (χ4n) is 2.68. The average molecular weight is 455 g/mol. The molecule has 0 saturated heterocycles. The minimum absolute atomic E-state index is 0.149. The number of thiophene rings is 1. The van der Waals surface area contributed by atoms with Gasteiger partial charge in [-0.3, -0.25) is 14.4 Å². The van der Waals surface area contributed by atoms with Gasteiger partial charge in [0, 0.05) is 25.3 Å². The van der Waals surface area contributed by atoms with Crippen LogP contribution in [0.1, 0.15) is 36.1 Å². The molecule has 2 N–H and O–H groups in total. The van der Waals surface area contributed by atoms with Crippen LogP contribution in [0, 0.1) is 6.92 Å². The molecule has 166 valence electrons. The molecule has 2 heterocycles. The monoisotopic (exact) mass is 455 g/mol. The summed E-state index contributed by atoms with van der Waals surface area (Å²) >= 11 is 1.04. The number of nitrogens with one attached hydrogen (secondary N) is 2. The second-order valence-electron chi connectivity index (χ2n) is 6.96. The molecule has 0 unspecified atom stereocenters. The lowest BCUT2D eigenvalue weighted by atomic mass is 10.2. The lowest BCUT2D eigenvalue weighted by Gasteiger charge is -2.11. The average Bonchev–Trinajstić information content (AvgIpc) is 3.42. The molecule has 0 atom stereocenters. The number of aryl methyl sites for hydroxylation is 1. The van der Waals surface area contributed by atoms with E-state index in [1.54, 1.807) is 57.4 Å². The van der Waals surface area contributed by atoms with Gasteiger partial charge in [-0.05, 0) is 55.0 Å². The lowest BCUT2D eigenvalue weighted by Crippen LogP contribution is -2.22. The Bertz CT molecular complexity index is 1130. The zero-order valence-corrected chi connectivity index (χ0v) is 18.4. The van der Waals surface area contributed by atoms with Crippen LogP contribution in [-0.4, -0.2) is 49.3 Å². The van der Waals surface area contributed by atoms with Crippen LogP contribution in [0.5, 0.6) is 0 Å². The number of nitrogens with zero attached hydrogens (tertiary/aromatic N) is 1. The minimum atomic E-state index is -0.673. The summed E-state index contributed by atoms with van der Waals surface area (Å²) in [6.07, 6.45) is 1.39. The second kappa shape index (κ2) is 9.92. The Labute approximate surface area is 188 Å². The van der Waals surface area contributed by atoms with Gasteiger partial charge >= 0.3 is 5.97 Å². The predicted molar refractivity (Wildman–Crippen MR) is 119 cm³/mol. The van der Waals surface area contributed by atoms with E-state index >= 15 is 0 Å². The van der Waals surface area contributed by atoms with Crippen LogP contribution < -0.4 is 10.6 Å². The number of rotatable bonds is 7. The van der Waals surface area contributed by atoms with E-state index in [4.69, 9.17) is 9.15 Å². The van der Waals surface area contributed by atoms with Crippen LogP contribution >= 0.6 is 11.3 Å². The van der Waals surface area contributed by atoms with Crippen molar-refractivity contribution in [3.63, 3.8) is 0 Å². The summed E-state index contributed by atoms with van der Waals surface area (Å²) in [6, 6.07) is 11.1. The van der Waals surface area contributed by atoms with Gasteiger partial charge in [-0.2, -0.15) is 0 Å². The Morgan fingerprint density at radius 2 is 1.78 bits per heavy atom. The smallest absolute Gasteiger partial charge is 0.349 e. The molecule has 3 amide bonds. The van der Waals surface area contributed by atoms with Gasteiger partial charge in [0.2, 0.25) is 0 Å². The van der Waals surface area contributed by atoms with Crippen molar-refractivity contribution in [3.05, 3.63) is 70.5 Å². The van der Waals surface area contributed by atoms with Crippen molar-refractivity contribution in [1.82, 2.24) is 4.90 Å². The molecule has 2 aromatic heterocycles. The molecule has 3 aromatic rings. The van der Waals surface area contributed by atoms with E-state index in [1.165, 1.54) is 17.2 Å². The number of furan rings is 1. The van der Waals surface area contributed by atoms with Gasteiger partial charge in [0.15, 0.2) is 12.4 Å². The van der Waals surface area contributed by atoms with Crippen LogP contribution in [0.2, 0.25) is 0 Å². The van der Waals surface area contributed by atoms with Crippen molar-refractivity contribution in [2.24, 2.45) is 0 Å². The molecular formula is C22H21N3O6S. The Hall–Kier alpha value is -3.92. The first-order valence-electron chi connectivity index (χ1n) is 9.48. The highest BCUT2D eigenvalue weighted by molar-refractivity contribution is 7.18. The van der Waals surface area contributed by atoms with Crippen molar-refractivity contribution in [2.75, 3.05) is 31.3 Å². The normalized spacial score (nSPS) is 10.3. The van der Waals surface area contributed by atoms with Crippen LogP contribution in [-0.2, 0) is 9.53 Å². The summed E-state index contributed by atoms with van der Waals surface area (Å²) in [4.78, 5) is 50.2. The molecule has 1 aromatic carbocycles. The van der Waals surface area contributed by atoms with Crippen LogP contribution in [0.4, 0.5) is 10.7 Å². The van der Waals surface area contributed by atoms with Gasteiger partial charge in [-0.1, -0.05) is 0 Å². The third kappa shape index (κ3) is 5.61. The summed E-state index contributed by atoms with van der Waals surface area (Å²) in [7, 11) is 3.30. The van der Waals surface area contributed by atoms with Gasteiger partial charge in [-0.15, -0.1) is 11.3 Å². The minimum Gasteiger partial charge on any atom is -0.459 e. The quantitative estimate of drug-likeness (QED) is 0.527. The molecule has 0 fully saturated rings. The molecule has 0 saturated carbocycles. The maximum Gasteiger partial charge on any atom is 0.349 e. The summed E-state index contributed by atoms with van der Waals surface area (Å²) < 4.78 is 10.1. The Balaban J connectivity index is 1.53. The first-order valence-corrected chi connectivity index (χ1v) is 10.3. The highest BCUT2D eigenvalue weighted by atomic mass is 32.1. The number of carbonyl (C=O) groups excluding carboxylic acids is 4. The zero-order valence-electron chi connectivity index (χ0n) is 17.6. The fourth-order valence-corrected chi connectivity index (χ4v) is 3.64. The standard InChI is InChI=1S/C22H21N3O6S/c1-13-11-18(24-20(27)16-5-4-10-30-16)32-19(13)22(29)31-12-17(26)23-15-8-6-14(7-9-15)21(28)25(2)3/h4-11H,12H2,1-3H3,(H,23,26)(H,24,27). The van der Waals surface area contributed by atoms with Crippen molar-refractivity contribution < 1.29 is 28.3 Å². The predicted octanol–water partition coefficient (Wildman–Crippen LogP) is 3.40. The molecule has 0 radical (unpaired) electrons. The number of ether oxygens (including phenoxy) is 1. The molecular weight excluding hydrogens is 434 g/mol. The number of hydrogen-bond donors (Lipinski definition) is 2. The largest absolute Gasteiger partial charge is 0.459 e. The van der Waals surface area contributed by atoms with Crippen molar-refractivity contribution in [1.29, 1.82) is 0 Å². The van der Waals surface area contributed by atoms with E-state index in [0.717, 1.165) is 11.3 Å². The van der Waals surface area contributed by atoms with Gasteiger partial charge in [0.25, 0.3) is 17.7 Å². The van der Waals surface area contributed by atoms with Gasteiger partial charge in [0.05, 0.1) is 11.3 Å². The number of carbonyl (C=O) groups is 4. The molecule has 32 heavy (non-hydrogen) atoms. The molecule has 0 aliphatic heterocycles. The van der Waals surface area contributed by atoms with E-state index in [0.29, 0.717) is 21.8 Å². The molecule has 0 spiro atoms. The van der Waals surface area contributed by atoms with Crippen LogP contribution in [0.15, 0.2) is 53.1 Å². The molecule has 0 aliphatic carbocycles. The van der Waals surface area contributed by atoms with E-state index in [2.05, 4.69) is 10.6 Å².